The molecular formula is C43H72N2O7. The maximum absolute atomic E-state index is 12.7. The van der Waals surface area contributed by atoms with Crippen LogP contribution in [0.1, 0.15) is 162 Å². The SMILES string of the molecule is CC/C=C\C/C=C\C/C=C\C/C=C\C/C=C\CC(=O)OC(CCCCCCCCCCC)CCCCCCCC(=O)NCC(=O)NC(CO)C(=O)O. The van der Waals surface area contributed by atoms with Gasteiger partial charge >= 0.3 is 11.9 Å². The molecule has 52 heavy (non-hydrogen) atoms. The number of amides is 2. The Morgan fingerprint density at radius 3 is 1.54 bits per heavy atom. The summed E-state index contributed by atoms with van der Waals surface area (Å²) in [4.78, 5) is 47.4. The second-order valence-corrected chi connectivity index (χ2v) is 13.4. The average molecular weight is 729 g/mol. The number of carbonyl (C=O) groups excluding carboxylic acids is 3. The number of carbonyl (C=O) groups is 4. The van der Waals surface area contributed by atoms with E-state index in [2.05, 4.69) is 73.1 Å². The Bertz CT molecular complexity index is 1060. The summed E-state index contributed by atoms with van der Waals surface area (Å²) in [5.74, 6) is -2.44. The smallest absolute Gasteiger partial charge is 0.328 e. The molecule has 0 saturated carbocycles. The van der Waals surface area contributed by atoms with E-state index in [9.17, 15) is 19.2 Å². The lowest BCUT2D eigenvalue weighted by molar-refractivity contribution is -0.148. The molecule has 0 aliphatic heterocycles. The number of allylic oxidation sites excluding steroid dienone is 9. The fraction of sp³-hybridized carbons (Fsp3) is 0.674. The molecule has 0 saturated heterocycles. The first-order chi connectivity index (χ1) is 25.3. The van der Waals surface area contributed by atoms with Gasteiger partial charge in [-0.1, -0.05) is 145 Å². The van der Waals surface area contributed by atoms with Gasteiger partial charge in [-0.2, -0.15) is 0 Å². The molecule has 9 nitrogen and oxygen atoms in total. The molecule has 296 valence electrons. The standard InChI is InChI=1S/C43H72N2O7/c1-3-5-7-9-11-13-14-15-16-17-18-20-22-27-31-35-42(49)52-38(32-28-24-21-19-12-10-8-6-4-2)33-29-25-23-26-30-34-40(47)44-36-41(48)45-39(37-46)43(50)51/h5,7,11,13,15-16,18,20,27,31,38-39,46H,3-4,6,8-10,12,14,17,19,21-26,28-30,32-37H2,1-2H3,(H,44,47)(H,45,48)(H,50,51)/b7-5-,13-11-,16-15-,20-18-,31-27-. The van der Waals surface area contributed by atoms with Gasteiger partial charge in [0.05, 0.1) is 19.6 Å². The molecule has 0 fully saturated rings. The van der Waals surface area contributed by atoms with Crippen molar-refractivity contribution < 1.29 is 34.1 Å². The highest BCUT2D eigenvalue weighted by atomic mass is 16.5. The number of carboxylic acids is 1. The van der Waals surface area contributed by atoms with Crippen LogP contribution in [0.25, 0.3) is 0 Å². The Balaban J connectivity index is 4.42. The van der Waals surface area contributed by atoms with Crippen molar-refractivity contribution in [2.24, 2.45) is 0 Å². The first-order valence-corrected chi connectivity index (χ1v) is 20.2. The molecule has 0 bridgehead atoms. The average Bonchev–Trinajstić information content (AvgIpc) is 3.13. The summed E-state index contributed by atoms with van der Waals surface area (Å²) in [6, 6.07) is -1.39. The number of rotatable bonds is 35. The topological polar surface area (TPSA) is 142 Å². The van der Waals surface area contributed by atoms with Gasteiger partial charge < -0.3 is 25.6 Å². The van der Waals surface area contributed by atoms with E-state index in [1.165, 1.54) is 51.4 Å². The molecule has 0 aliphatic carbocycles. The van der Waals surface area contributed by atoms with Crippen LogP contribution >= 0.6 is 0 Å². The van der Waals surface area contributed by atoms with E-state index >= 15 is 0 Å². The van der Waals surface area contributed by atoms with Gasteiger partial charge in [0, 0.05) is 6.42 Å². The van der Waals surface area contributed by atoms with Crippen LogP contribution in [0.4, 0.5) is 0 Å². The second kappa shape index (κ2) is 37.3. The number of carboxylic acid groups (broad SMARTS) is 1. The third-order valence-corrected chi connectivity index (χ3v) is 8.56. The summed E-state index contributed by atoms with van der Waals surface area (Å²) in [6.45, 7) is 3.33. The van der Waals surface area contributed by atoms with Crippen LogP contribution in [0, 0.1) is 0 Å². The van der Waals surface area contributed by atoms with E-state index in [1.54, 1.807) is 0 Å². The van der Waals surface area contributed by atoms with Crippen LogP contribution < -0.4 is 10.6 Å². The van der Waals surface area contributed by atoms with Crippen molar-refractivity contribution in [1.82, 2.24) is 10.6 Å². The molecular weight excluding hydrogens is 656 g/mol. The Morgan fingerprint density at radius 1 is 0.596 bits per heavy atom. The van der Waals surface area contributed by atoms with Crippen molar-refractivity contribution in [3.05, 3.63) is 60.8 Å². The maximum Gasteiger partial charge on any atom is 0.328 e. The molecule has 0 radical (unpaired) electrons. The number of hydrogen-bond acceptors (Lipinski definition) is 6. The highest BCUT2D eigenvalue weighted by Crippen LogP contribution is 2.18. The van der Waals surface area contributed by atoms with Crippen LogP contribution in [-0.2, 0) is 23.9 Å². The molecule has 2 amide bonds. The Kier molecular flexibility index (Phi) is 34.8. The molecule has 2 atom stereocenters. The quantitative estimate of drug-likeness (QED) is 0.0289. The maximum atomic E-state index is 12.7. The predicted octanol–water partition coefficient (Wildman–Crippen LogP) is 9.37. The van der Waals surface area contributed by atoms with E-state index < -0.39 is 24.5 Å². The number of nitrogens with one attached hydrogen (secondary N) is 2. The number of aliphatic hydroxyl groups excluding tert-OH is 1. The fourth-order valence-corrected chi connectivity index (χ4v) is 5.50. The molecule has 2 unspecified atom stereocenters. The van der Waals surface area contributed by atoms with Gasteiger partial charge in [-0.25, -0.2) is 4.79 Å². The summed E-state index contributed by atoms with van der Waals surface area (Å²) in [5.41, 5.74) is 0. The second-order valence-electron chi connectivity index (χ2n) is 13.4. The molecule has 0 aliphatic rings. The van der Waals surface area contributed by atoms with Gasteiger partial charge in [0.25, 0.3) is 0 Å². The van der Waals surface area contributed by atoms with Crippen molar-refractivity contribution in [1.29, 1.82) is 0 Å². The van der Waals surface area contributed by atoms with Crippen LogP contribution in [0.15, 0.2) is 60.8 Å². The van der Waals surface area contributed by atoms with Crippen molar-refractivity contribution in [2.45, 2.75) is 174 Å². The largest absolute Gasteiger partial charge is 0.480 e. The Morgan fingerprint density at radius 2 is 1.06 bits per heavy atom. The highest BCUT2D eigenvalue weighted by molar-refractivity contribution is 5.87. The van der Waals surface area contributed by atoms with Crippen molar-refractivity contribution in [3.63, 3.8) is 0 Å². The van der Waals surface area contributed by atoms with E-state index in [0.29, 0.717) is 6.42 Å². The monoisotopic (exact) mass is 729 g/mol. The zero-order chi connectivity index (χ0) is 38.3. The lowest BCUT2D eigenvalue weighted by Gasteiger charge is -2.18. The third-order valence-electron chi connectivity index (χ3n) is 8.56. The van der Waals surface area contributed by atoms with E-state index in [4.69, 9.17) is 14.9 Å². The number of hydrogen-bond donors (Lipinski definition) is 4. The molecule has 0 rings (SSSR count). The first kappa shape index (κ1) is 48.5. The summed E-state index contributed by atoms with van der Waals surface area (Å²) in [6.07, 6.45) is 44.0. The van der Waals surface area contributed by atoms with Crippen LogP contribution in [-0.4, -0.2) is 59.3 Å². The minimum absolute atomic E-state index is 0.0664. The predicted molar refractivity (Wildman–Crippen MR) is 213 cm³/mol. The third kappa shape index (κ3) is 33.7. The van der Waals surface area contributed by atoms with Gasteiger partial charge in [-0.15, -0.1) is 0 Å². The lowest BCUT2D eigenvalue weighted by atomic mass is 10.0. The van der Waals surface area contributed by atoms with Crippen molar-refractivity contribution in [3.8, 4) is 0 Å². The molecule has 0 aromatic rings. The molecule has 0 aromatic heterocycles. The number of ether oxygens (including phenoxy) is 1. The number of esters is 1. The summed E-state index contributed by atoms with van der Waals surface area (Å²) >= 11 is 0. The fourth-order valence-electron chi connectivity index (χ4n) is 5.50. The molecule has 9 heteroatoms. The summed E-state index contributed by atoms with van der Waals surface area (Å²) < 4.78 is 5.93. The molecule has 0 heterocycles. The Labute approximate surface area is 315 Å². The van der Waals surface area contributed by atoms with Crippen LogP contribution in [0.5, 0.6) is 0 Å². The molecule has 0 aromatic carbocycles. The summed E-state index contributed by atoms with van der Waals surface area (Å²) in [7, 11) is 0. The van der Waals surface area contributed by atoms with Crippen molar-refractivity contribution in [2.75, 3.05) is 13.2 Å². The molecule has 0 spiro atoms. The van der Waals surface area contributed by atoms with Gasteiger partial charge in [-0.05, 0) is 64.2 Å². The van der Waals surface area contributed by atoms with Crippen LogP contribution in [0.3, 0.4) is 0 Å². The van der Waals surface area contributed by atoms with Crippen molar-refractivity contribution >= 4 is 23.8 Å². The highest BCUT2D eigenvalue weighted by Gasteiger charge is 2.19. The zero-order valence-corrected chi connectivity index (χ0v) is 32.5. The van der Waals surface area contributed by atoms with Gasteiger partial charge in [0.15, 0.2) is 0 Å². The van der Waals surface area contributed by atoms with Gasteiger partial charge in [-0.3, -0.25) is 14.4 Å². The van der Waals surface area contributed by atoms with E-state index in [1.807, 2.05) is 12.2 Å². The normalized spacial score (nSPS) is 13.1. The number of unbranched alkanes of at least 4 members (excludes halogenated alkanes) is 12. The van der Waals surface area contributed by atoms with Crippen LogP contribution in [0.2, 0.25) is 0 Å². The lowest BCUT2D eigenvalue weighted by Crippen LogP contribution is -2.47. The van der Waals surface area contributed by atoms with E-state index in [-0.39, 0.29) is 37.4 Å². The molecule has 4 N–H and O–H groups in total. The summed E-state index contributed by atoms with van der Waals surface area (Å²) in [5, 5.41) is 22.5. The van der Waals surface area contributed by atoms with Gasteiger partial charge in [0.1, 0.15) is 12.1 Å². The minimum Gasteiger partial charge on any atom is -0.480 e. The van der Waals surface area contributed by atoms with E-state index in [0.717, 1.165) is 77.0 Å². The Hall–Kier alpha value is -3.46. The van der Waals surface area contributed by atoms with Gasteiger partial charge in [0.2, 0.25) is 11.8 Å². The first-order valence-electron chi connectivity index (χ1n) is 20.2. The number of aliphatic hydroxyl groups is 1. The zero-order valence-electron chi connectivity index (χ0n) is 32.5. The minimum atomic E-state index is -1.39. The number of aliphatic carboxylic acids is 1.